The molecule has 1 atom stereocenters. The topological polar surface area (TPSA) is 73.5 Å². The number of hydrogen-bond donors (Lipinski definition) is 3. The molecule has 0 bridgehead atoms. The normalized spacial score (nSPS) is 16.7. The number of nitrogens with zero attached hydrogens (tertiary/aromatic N) is 1. The number of carbonyl (C=O) groups is 2. The van der Waals surface area contributed by atoms with Crippen LogP contribution in [0.3, 0.4) is 0 Å². The summed E-state index contributed by atoms with van der Waals surface area (Å²) in [5.41, 5.74) is 1.89. The molecule has 0 aliphatic carbocycles. The number of piperidine rings is 1. The Morgan fingerprint density at radius 2 is 2.08 bits per heavy atom. The fraction of sp³-hybridized carbons (Fsp3) is 0.556. The molecule has 1 saturated heterocycles. The Kier molecular flexibility index (Phi) is 9.31. The zero-order chi connectivity index (χ0) is 17.4. The lowest BCUT2D eigenvalue weighted by atomic mass is 9.97. The van der Waals surface area contributed by atoms with Crippen molar-refractivity contribution in [3.05, 3.63) is 29.8 Å². The number of likely N-dealkylation sites (tertiary alicyclic amines) is 1. The van der Waals surface area contributed by atoms with E-state index in [9.17, 15) is 9.59 Å². The van der Waals surface area contributed by atoms with Gasteiger partial charge in [0.15, 0.2) is 0 Å². The molecule has 1 aliphatic rings. The zero-order valence-electron chi connectivity index (χ0n) is 15.0. The fourth-order valence-electron chi connectivity index (χ4n) is 2.92. The Bertz CT molecular complexity index is 568. The van der Waals surface area contributed by atoms with E-state index in [1.807, 2.05) is 38.2 Å². The second kappa shape index (κ2) is 10.9. The number of halogens is 1. The van der Waals surface area contributed by atoms with Crippen molar-refractivity contribution >= 4 is 30.0 Å². The maximum absolute atomic E-state index is 12.4. The van der Waals surface area contributed by atoms with Crippen molar-refractivity contribution < 1.29 is 9.59 Å². The highest BCUT2D eigenvalue weighted by Gasteiger charge is 2.28. The van der Waals surface area contributed by atoms with Crippen LogP contribution < -0.4 is 16.0 Å². The van der Waals surface area contributed by atoms with Crippen LogP contribution in [0.25, 0.3) is 0 Å². The van der Waals surface area contributed by atoms with Crippen molar-refractivity contribution in [1.29, 1.82) is 0 Å². The van der Waals surface area contributed by atoms with Gasteiger partial charge in [-0.25, -0.2) is 4.79 Å². The van der Waals surface area contributed by atoms with Crippen molar-refractivity contribution in [2.24, 2.45) is 5.92 Å². The van der Waals surface area contributed by atoms with Crippen LogP contribution in [0.1, 0.15) is 24.8 Å². The van der Waals surface area contributed by atoms with Crippen LogP contribution in [0, 0.1) is 12.8 Å². The molecule has 2 rings (SSSR count). The van der Waals surface area contributed by atoms with Crippen molar-refractivity contribution in [3.63, 3.8) is 0 Å². The Morgan fingerprint density at radius 3 is 2.80 bits per heavy atom. The first-order valence-corrected chi connectivity index (χ1v) is 8.65. The zero-order valence-corrected chi connectivity index (χ0v) is 15.8. The van der Waals surface area contributed by atoms with Crippen molar-refractivity contribution in [1.82, 2.24) is 15.5 Å². The molecule has 7 heteroatoms. The molecule has 1 aromatic carbocycles. The number of urea groups is 1. The van der Waals surface area contributed by atoms with Gasteiger partial charge in [0.2, 0.25) is 5.91 Å². The van der Waals surface area contributed by atoms with Crippen LogP contribution in [0.15, 0.2) is 24.3 Å². The summed E-state index contributed by atoms with van der Waals surface area (Å²) >= 11 is 0. The number of carbonyl (C=O) groups excluding carboxylic acids is 2. The number of anilines is 1. The fourth-order valence-corrected chi connectivity index (χ4v) is 2.92. The second-order valence-electron chi connectivity index (χ2n) is 6.33. The Morgan fingerprint density at radius 1 is 1.28 bits per heavy atom. The van der Waals surface area contributed by atoms with Crippen molar-refractivity contribution in [2.45, 2.75) is 26.2 Å². The number of rotatable bonds is 6. The summed E-state index contributed by atoms with van der Waals surface area (Å²) in [4.78, 5) is 26.4. The Labute approximate surface area is 156 Å². The van der Waals surface area contributed by atoms with Gasteiger partial charge < -0.3 is 20.9 Å². The predicted octanol–water partition coefficient (Wildman–Crippen LogP) is 2.39. The monoisotopic (exact) mass is 368 g/mol. The molecule has 3 N–H and O–H groups in total. The van der Waals surface area contributed by atoms with Gasteiger partial charge in [-0.15, -0.1) is 12.4 Å². The summed E-state index contributed by atoms with van der Waals surface area (Å²) < 4.78 is 0. The van der Waals surface area contributed by atoms with Gasteiger partial charge >= 0.3 is 6.03 Å². The molecule has 3 amide bonds. The first-order chi connectivity index (χ1) is 11.6. The van der Waals surface area contributed by atoms with Gasteiger partial charge in [0.1, 0.15) is 0 Å². The van der Waals surface area contributed by atoms with Gasteiger partial charge in [0.05, 0.1) is 5.92 Å². The predicted molar refractivity (Wildman–Crippen MR) is 103 cm³/mol. The lowest BCUT2D eigenvalue weighted by molar-refractivity contribution is -0.126. The molecule has 1 aliphatic heterocycles. The van der Waals surface area contributed by atoms with Crippen molar-refractivity contribution in [2.75, 3.05) is 38.5 Å². The van der Waals surface area contributed by atoms with Gasteiger partial charge in [-0.05, 0) is 57.5 Å². The first-order valence-electron chi connectivity index (χ1n) is 8.65. The number of nitrogens with one attached hydrogen (secondary N) is 3. The molecular weight excluding hydrogens is 340 g/mol. The van der Waals surface area contributed by atoms with Crippen LogP contribution in [0.5, 0.6) is 0 Å². The molecule has 0 spiro atoms. The first kappa shape index (κ1) is 21.3. The van der Waals surface area contributed by atoms with E-state index in [0.717, 1.165) is 37.1 Å². The summed E-state index contributed by atoms with van der Waals surface area (Å²) in [7, 11) is 1.90. The highest BCUT2D eigenvalue weighted by atomic mass is 35.5. The third kappa shape index (κ3) is 6.92. The van der Waals surface area contributed by atoms with Gasteiger partial charge in [-0.1, -0.05) is 12.1 Å². The van der Waals surface area contributed by atoms with Crippen LogP contribution in [0.4, 0.5) is 10.5 Å². The van der Waals surface area contributed by atoms with E-state index in [1.165, 1.54) is 0 Å². The standard InChI is InChI=1S/C18H28N4O2.ClH/c1-14-6-3-8-16(12-14)21-18(24)22-11-4-7-15(13-22)17(23)20-10-5-9-19-2;/h3,6,8,12,15,19H,4-5,7,9-11,13H2,1-2H3,(H,20,23)(H,21,24);1H. The highest BCUT2D eigenvalue weighted by molar-refractivity contribution is 5.90. The third-order valence-electron chi connectivity index (χ3n) is 4.25. The quantitative estimate of drug-likeness (QED) is 0.675. The molecule has 1 heterocycles. The molecule has 140 valence electrons. The molecule has 0 saturated carbocycles. The number of amides is 3. The SMILES string of the molecule is CNCCCNC(=O)C1CCCN(C(=O)Nc2cccc(C)c2)C1.Cl. The summed E-state index contributed by atoms with van der Waals surface area (Å²) in [5.74, 6) is -0.0595. The Hall–Kier alpha value is -1.79. The second-order valence-corrected chi connectivity index (χ2v) is 6.33. The summed E-state index contributed by atoms with van der Waals surface area (Å²) in [6, 6.07) is 7.59. The van der Waals surface area contributed by atoms with Gasteiger partial charge in [-0.3, -0.25) is 4.79 Å². The highest BCUT2D eigenvalue weighted by Crippen LogP contribution is 2.18. The van der Waals surface area contributed by atoms with Crippen molar-refractivity contribution in [3.8, 4) is 0 Å². The van der Waals surface area contributed by atoms with E-state index in [-0.39, 0.29) is 30.3 Å². The van der Waals surface area contributed by atoms with E-state index >= 15 is 0 Å². The molecule has 1 unspecified atom stereocenters. The average molecular weight is 369 g/mol. The smallest absolute Gasteiger partial charge is 0.321 e. The van der Waals surface area contributed by atoms with E-state index in [1.54, 1.807) is 4.90 Å². The summed E-state index contributed by atoms with van der Waals surface area (Å²) in [6.45, 7) is 4.73. The van der Waals surface area contributed by atoms with Gasteiger partial charge in [0.25, 0.3) is 0 Å². The van der Waals surface area contributed by atoms with Crippen LogP contribution in [-0.4, -0.2) is 50.1 Å². The van der Waals surface area contributed by atoms with Crippen LogP contribution >= 0.6 is 12.4 Å². The van der Waals surface area contributed by atoms with Crippen LogP contribution in [0.2, 0.25) is 0 Å². The maximum atomic E-state index is 12.4. The van der Waals surface area contributed by atoms with Gasteiger partial charge in [0, 0.05) is 25.3 Å². The number of aryl methyl sites for hydroxylation is 1. The van der Waals surface area contributed by atoms with E-state index < -0.39 is 0 Å². The molecule has 0 aromatic heterocycles. The molecule has 25 heavy (non-hydrogen) atoms. The van der Waals surface area contributed by atoms with E-state index in [4.69, 9.17) is 0 Å². The molecule has 1 aromatic rings. The largest absolute Gasteiger partial charge is 0.356 e. The molecule has 0 radical (unpaired) electrons. The van der Waals surface area contributed by atoms with E-state index in [0.29, 0.717) is 19.6 Å². The molecular formula is C18H29ClN4O2. The minimum atomic E-state index is -0.131. The van der Waals surface area contributed by atoms with Crippen LogP contribution in [-0.2, 0) is 4.79 Å². The Balaban J connectivity index is 0.00000312. The maximum Gasteiger partial charge on any atom is 0.321 e. The summed E-state index contributed by atoms with van der Waals surface area (Å²) in [5, 5.41) is 8.94. The number of hydrogen-bond acceptors (Lipinski definition) is 3. The van der Waals surface area contributed by atoms with E-state index in [2.05, 4.69) is 16.0 Å². The van der Waals surface area contributed by atoms with Gasteiger partial charge in [-0.2, -0.15) is 0 Å². The third-order valence-corrected chi connectivity index (χ3v) is 4.25. The lowest BCUT2D eigenvalue weighted by Crippen LogP contribution is -2.47. The minimum absolute atomic E-state index is 0. The average Bonchev–Trinajstić information content (AvgIpc) is 2.58. The lowest BCUT2D eigenvalue weighted by Gasteiger charge is -2.32. The molecule has 1 fully saturated rings. The number of benzene rings is 1. The summed E-state index contributed by atoms with van der Waals surface area (Å²) in [6.07, 6.45) is 2.61. The molecule has 6 nitrogen and oxygen atoms in total. The minimum Gasteiger partial charge on any atom is -0.356 e.